The molecule has 1 N–H and O–H groups in total. The zero-order valence-electron chi connectivity index (χ0n) is 11.2. The second kappa shape index (κ2) is 12.4. The van der Waals surface area contributed by atoms with Crippen molar-refractivity contribution in [2.75, 3.05) is 11.1 Å². The van der Waals surface area contributed by atoms with Gasteiger partial charge in [-0.3, -0.25) is 4.55 Å². The van der Waals surface area contributed by atoms with Gasteiger partial charge in [-0.15, -0.1) is 0 Å². The minimum atomic E-state index is -3.74. The van der Waals surface area contributed by atoms with E-state index in [0.717, 1.165) is 18.2 Å². The Morgan fingerprint density at radius 3 is 1.33 bits per heavy atom. The Bertz CT molecular complexity index is 265. The maximum Gasteiger partial charge on any atom is 0.264 e. The summed E-state index contributed by atoms with van der Waals surface area (Å²) >= 11 is 3.43. The molecule has 0 aliphatic rings. The van der Waals surface area contributed by atoms with E-state index in [2.05, 4.69) is 15.9 Å². The van der Waals surface area contributed by atoms with Crippen molar-refractivity contribution in [1.82, 2.24) is 0 Å². The van der Waals surface area contributed by atoms with Gasteiger partial charge in [-0.05, 0) is 12.8 Å². The zero-order valence-corrected chi connectivity index (χ0v) is 13.6. The summed E-state index contributed by atoms with van der Waals surface area (Å²) in [5, 5.41) is 1.12. The molecule has 18 heavy (non-hydrogen) atoms. The van der Waals surface area contributed by atoms with E-state index in [-0.39, 0.29) is 5.75 Å². The number of hydrogen-bond donors (Lipinski definition) is 1. The van der Waals surface area contributed by atoms with Crippen LogP contribution in [0.25, 0.3) is 0 Å². The highest BCUT2D eigenvalue weighted by molar-refractivity contribution is 9.09. The first-order chi connectivity index (χ1) is 8.56. The third kappa shape index (κ3) is 16.4. The lowest BCUT2D eigenvalue weighted by atomic mass is 10.1. The van der Waals surface area contributed by atoms with E-state index in [9.17, 15) is 8.42 Å². The molecule has 0 rings (SSSR count). The molecule has 0 radical (unpaired) electrons. The standard InChI is InChI=1S/C13H27BrO3S/c14-12-10-8-6-4-2-1-3-5-7-9-11-13-18(15,16)17/h1-13H2,(H,15,16,17). The smallest absolute Gasteiger partial charge is 0.264 e. The van der Waals surface area contributed by atoms with Gasteiger partial charge in [-0.25, -0.2) is 0 Å². The van der Waals surface area contributed by atoms with Crippen LogP contribution in [0.15, 0.2) is 0 Å². The van der Waals surface area contributed by atoms with Crippen LogP contribution in [-0.2, 0) is 10.1 Å². The molecule has 0 saturated carbocycles. The van der Waals surface area contributed by atoms with E-state index in [0.29, 0.717) is 6.42 Å². The van der Waals surface area contributed by atoms with E-state index >= 15 is 0 Å². The molecule has 0 aliphatic carbocycles. The number of unbranched alkanes of at least 4 members (excludes halogenated alkanes) is 10. The predicted octanol–water partition coefficient (Wildman–Crippen LogP) is 4.56. The Morgan fingerprint density at radius 1 is 0.667 bits per heavy atom. The summed E-state index contributed by atoms with van der Waals surface area (Å²) in [6.45, 7) is 0. The van der Waals surface area contributed by atoms with Crippen molar-refractivity contribution >= 4 is 26.0 Å². The normalized spacial score (nSPS) is 11.9. The van der Waals surface area contributed by atoms with Gasteiger partial charge >= 0.3 is 0 Å². The SMILES string of the molecule is O=S(=O)(O)CCCCCCCCCCCCCBr. The monoisotopic (exact) mass is 342 g/mol. The molecular formula is C13H27BrO3S. The maximum absolute atomic E-state index is 10.5. The van der Waals surface area contributed by atoms with Crippen molar-refractivity contribution in [3.63, 3.8) is 0 Å². The van der Waals surface area contributed by atoms with Crippen LogP contribution in [0, 0.1) is 0 Å². The second-order valence-electron chi connectivity index (χ2n) is 4.86. The number of hydrogen-bond acceptors (Lipinski definition) is 2. The zero-order chi connectivity index (χ0) is 13.7. The summed E-state index contributed by atoms with van der Waals surface area (Å²) in [5.41, 5.74) is 0. The Labute approximate surface area is 121 Å². The molecule has 0 atom stereocenters. The topological polar surface area (TPSA) is 54.4 Å². The third-order valence-corrected chi connectivity index (χ3v) is 4.40. The van der Waals surface area contributed by atoms with Gasteiger partial charge in [0.05, 0.1) is 5.75 Å². The molecule has 0 aromatic heterocycles. The Hall–Kier alpha value is 0.390. The van der Waals surface area contributed by atoms with Gasteiger partial charge < -0.3 is 0 Å². The largest absolute Gasteiger partial charge is 0.286 e. The van der Waals surface area contributed by atoms with Crippen LogP contribution in [0.3, 0.4) is 0 Å². The summed E-state index contributed by atoms with van der Waals surface area (Å²) in [6, 6.07) is 0. The molecule has 0 amide bonds. The minimum absolute atomic E-state index is 0.0828. The van der Waals surface area contributed by atoms with Crippen molar-refractivity contribution in [2.24, 2.45) is 0 Å². The molecule has 0 bridgehead atoms. The average Bonchev–Trinajstić information content (AvgIpc) is 2.29. The first kappa shape index (κ1) is 18.4. The van der Waals surface area contributed by atoms with Gasteiger partial charge in [-0.2, -0.15) is 8.42 Å². The summed E-state index contributed by atoms with van der Waals surface area (Å²) in [7, 11) is -3.74. The average molecular weight is 343 g/mol. The molecule has 0 fully saturated rings. The highest BCUT2D eigenvalue weighted by Gasteiger charge is 2.02. The maximum atomic E-state index is 10.5. The molecule has 0 aliphatic heterocycles. The lowest BCUT2D eigenvalue weighted by molar-refractivity contribution is 0.478. The summed E-state index contributed by atoms with van der Waals surface area (Å²) in [4.78, 5) is 0. The lowest BCUT2D eigenvalue weighted by Crippen LogP contribution is -2.03. The van der Waals surface area contributed by atoms with Crippen LogP contribution in [-0.4, -0.2) is 24.1 Å². The second-order valence-corrected chi connectivity index (χ2v) is 7.23. The molecule has 0 saturated heterocycles. The summed E-state index contributed by atoms with van der Waals surface area (Å²) < 4.78 is 29.5. The molecular weight excluding hydrogens is 316 g/mol. The van der Waals surface area contributed by atoms with Crippen LogP contribution in [0.4, 0.5) is 0 Å². The van der Waals surface area contributed by atoms with Gasteiger partial charge in [0, 0.05) is 5.33 Å². The first-order valence-electron chi connectivity index (χ1n) is 7.07. The van der Waals surface area contributed by atoms with Gasteiger partial charge in [0.25, 0.3) is 10.1 Å². The fourth-order valence-electron chi connectivity index (χ4n) is 1.97. The van der Waals surface area contributed by atoms with Crippen molar-refractivity contribution in [3.05, 3.63) is 0 Å². The molecule has 0 spiro atoms. The quantitative estimate of drug-likeness (QED) is 0.303. The molecule has 0 unspecified atom stereocenters. The van der Waals surface area contributed by atoms with E-state index in [4.69, 9.17) is 4.55 Å². The highest BCUT2D eigenvalue weighted by Crippen LogP contribution is 2.11. The first-order valence-corrected chi connectivity index (χ1v) is 9.80. The van der Waals surface area contributed by atoms with E-state index in [1.165, 1.54) is 51.4 Å². The van der Waals surface area contributed by atoms with Crippen LogP contribution in [0.5, 0.6) is 0 Å². The number of halogens is 1. The van der Waals surface area contributed by atoms with Gasteiger partial charge in [0.2, 0.25) is 0 Å². The predicted molar refractivity (Wildman–Crippen MR) is 81.0 cm³/mol. The van der Waals surface area contributed by atoms with E-state index < -0.39 is 10.1 Å². The molecule has 5 heteroatoms. The number of rotatable bonds is 13. The number of alkyl halides is 1. The highest BCUT2D eigenvalue weighted by atomic mass is 79.9. The van der Waals surface area contributed by atoms with Crippen LogP contribution < -0.4 is 0 Å². The third-order valence-electron chi connectivity index (χ3n) is 3.04. The van der Waals surface area contributed by atoms with E-state index in [1.807, 2.05) is 0 Å². The van der Waals surface area contributed by atoms with Crippen molar-refractivity contribution in [1.29, 1.82) is 0 Å². The molecule has 3 nitrogen and oxygen atoms in total. The van der Waals surface area contributed by atoms with Gasteiger partial charge in [-0.1, -0.05) is 73.7 Å². The van der Waals surface area contributed by atoms with E-state index in [1.54, 1.807) is 0 Å². The Morgan fingerprint density at radius 2 is 1.00 bits per heavy atom. The van der Waals surface area contributed by atoms with Gasteiger partial charge in [0.15, 0.2) is 0 Å². The molecule has 0 aromatic rings. The fraction of sp³-hybridized carbons (Fsp3) is 1.00. The van der Waals surface area contributed by atoms with Crippen LogP contribution in [0.2, 0.25) is 0 Å². The molecule has 110 valence electrons. The minimum Gasteiger partial charge on any atom is -0.286 e. The van der Waals surface area contributed by atoms with Gasteiger partial charge in [0.1, 0.15) is 0 Å². The lowest BCUT2D eigenvalue weighted by Gasteiger charge is -2.02. The van der Waals surface area contributed by atoms with Crippen LogP contribution >= 0.6 is 15.9 Å². The van der Waals surface area contributed by atoms with Crippen molar-refractivity contribution < 1.29 is 13.0 Å². The Kier molecular flexibility index (Phi) is 12.7. The van der Waals surface area contributed by atoms with Crippen molar-refractivity contribution in [3.8, 4) is 0 Å². The molecule has 0 aromatic carbocycles. The molecule has 0 heterocycles. The summed E-state index contributed by atoms with van der Waals surface area (Å²) in [6.07, 6.45) is 13.0. The fourth-order valence-corrected chi connectivity index (χ4v) is 2.94. The van der Waals surface area contributed by atoms with Crippen molar-refractivity contribution in [2.45, 2.75) is 70.6 Å². The van der Waals surface area contributed by atoms with Crippen LogP contribution in [0.1, 0.15) is 70.6 Å². The summed E-state index contributed by atoms with van der Waals surface area (Å²) in [5.74, 6) is -0.0828. The Balaban J connectivity index is 3.03.